The van der Waals surface area contributed by atoms with Crippen LogP contribution in [0.5, 0.6) is 0 Å². The van der Waals surface area contributed by atoms with Crippen molar-refractivity contribution in [1.29, 1.82) is 0 Å². The van der Waals surface area contributed by atoms with Crippen LogP contribution in [0.3, 0.4) is 0 Å². The molecular formula is CH6N2OS. The van der Waals surface area contributed by atoms with Crippen molar-refractivity contribution in [3.8, 4) is 0 Å². The average Bonchev–Trinajstić information content (AvgIpc) is 1.38. The Bertz CT molecular complexity index is 44.9. The summed E-state index contributed by atoms with van der Waals surface area (Å²) >= 11 is -1.32. The summed E-state index contributed by atoms with van der Waals surface area (Å²) in [6.07, 6.45) is 0. The summed E-state index contributed by atoms with van der Waals surface area (Å²) in [5.74, 6) is 0. The summed E-state index contributed by atoms with van der Waals surface area (Å²) in [6, 6.07) is 0. The molecular weight excluding hydrogens is 88.1 g/mol. The van der Waals surface area contributed by atoms with Gasteiger partial charge in [-0.25, -0.2) is 14.1 Å². The third-order valence-electron chi connectivity index (χ3n) is 0.201. The van der Waals surface area contributed by atoms with Gasteiger partial charge in [-0.2, -0.15) is 0 Å². The third kappa shape index (κ3) is 4.07. The maximum Gasteiger partial charge on any atom is 0.164 e. The van der Waals surface area contributed by atoms with Crippen LogP contribution in [0.4, 0.5) is 0 Å². The highest BCUT2D eigenvalue weighted by Gasteiger charge is 1.69. The van der Waals surface area contributed by atoms with Gasteiger partial charge in [0.1, 0.15) is 0 Å². The maximum atomic E-state index is 9.59. The molecule has 0 bridgehead atoms. The fourth-order valence-electron chi connectivity index (χ4n) is 0. The normalized spacial score (nSPS) is 14.8. The zero-order valence-corrected chi connectivity index (χ0v) is 3.71. The van der Waals surface area contributed by atoms with Crippen molar-refractivity contribution in [2.75, 3.05) is 7.05 Å². The van der Waals surface area contributed by atoms with Gasteiger partial charge >= 0.3 is 0 Å². The van der Waals surface area contributed by atoms with Crippen molar-refractivity contribution in [2.45, 2.75) is 0 Å². The summed E-state index contributed by atoms with van der Waals surface area (Å²) < 4.78 is 11.9. The van der Waals surface area contributed by atoms with E-state index in [2.05, 4.69) is 9.86 Å². The predicted octanol–water partition coefficient (Wildman–Crippen LogP) is -1.26. The quantitative estimate of drug-likeness (QED) is 0.419. The highest BCUT2D eigenvalue weighted by atomic mass is 32.2. The van der Waals surface area contributed by atoms with Gasteiger partial charge in [0.2, 0.25) is 0 Å². The van der Waals surface area contributed by atoms with E-state index in [9.17, 15) is 4.21 Å². The molecule has 0 aliphatic heterocycles. The molecule has 5 heavy (non-hydrogen) atoms. The largest absolute Gasteiger partial charge is 0.239 e. The van der Waals surface area contributed by atoms with Crippen molar-refractivity contribution in [3.05, 3.63) is 0 Å². The molecule has 3 nitrogen and oxygen atoms in total. The monoisotopic (exact) mass is 94.0 g/mol. The first-order chi connectivity index (χ1) is 2.27. The van der Waals surface area contributed by atoms with Gasteiger partial charge in [0.25, 0.3) is 0 Å². The van der Waals surface area contributed by atoms with Gasteiger partial charge in [-0.1, -0.05) is 0 Å². The molecule has 1 atom stereocenters. The SMILES string of the molecule is CNS(N)=O. The molecule has 0 spiro atoms. The fourth-order valence-corrected chi connectivity index (χ4v) is 0. The molecule has 0 aliphatic rings. The van der Waals surface area contributed by atoms with E-state index in [1.54, 1.807) is 0 Å². The number of hydrogen-bond acceptors (Lipinski definition) is 1. The predicted molar refractivity (Wildman–Crippen MR) is 21.4 cm³/mol. The van der Waals surface area contributed by atoms with Crippen LogP contribution in [0.1, 0.15) is 0 Å². The number of nitrogens with one attached hydrogen (secondary N) is 1. The molecule has 0 aromatic heterocycles. The Kier molecular flexibility index (Phi) is 2.35. The van der Waals surface area contributed by atoms with Crippen LogP contribution in [0.15, 0.2) is 0 Å². The van der Waals surface area contributed by atoms with E-state index < -0.39 is 11.2 Å². The third-order valence-corrected chi connectivity index (χ3v) is 0.604. The van der Waals surface area contributed by atoms with E-state index in [0.717, 1.165) is 0 Å². The lowest BCUT2D eigenvalue weighted by Crippen LogP contribution is -2.18. The molecule has 0 heterocycles. The molecule has 0 amide bonds. The van der Waals surface area contributed by atoms with Crippen molar-refractivity contribution in [3.63, 3.8) is 0 Å². The minimum Gasteiger partial charge on any atom is -0.239 e. The van der Waals surface area contributed by atoms with Crippen LogP contribution in [-0.2, 0) is 11.2 Å². The Balaban J connectivity index is 2.85. The molecule has 0 aromatic rings. The summed E-state index contributed by atoms with van der Waals surface area (Å²) in [5, 5.41) is 4.65. The van der Waals surface area contributed by atoms with Crippen LogP contribution in [-0.4, -0.2) is 11.3 Å². The lowest BCUT2D eigenvalue weighted by Gasteiger charge is -1.79. The Morgan fingerprint density at radius 2 is 2.20 bits per heavy atom. The number of hydrogen-bond donors (Lipinski definition) is 2. The Labute approximate surface area is 33.3 Å². The van der Waals surface area contributed by atoms with E-state index >= 15 is 0 Å². The Morgan fingerprint density at radius 3 is 2.20 bits per heavy atom. The van der Waals surface area contributed by atoms with Gasteiger partial charge < -0.3 is 0 Å². The van der Waals surface area contributed by atoms with Crippen molar-refractivity contribution in [1.82, 2.24) is 4.72 Å². The average molecular weight is 94.1 g/mol. The first-order valence-corrected chi connectivity index (χ1v) is 2.32. The first kappa shape index (κ1) is 5.07. The molecule has 3 N–H and O–H groups in total. The molecule has 0 fully saturated rings. The van der Waals surface area contributed by atoms with E-state index in [1.807, 2.05) is 0 Å². The summed E-state index contributed by atoms with van der Waals surface area (Å²) in [5.41, 5.74) is 0. The minimum atomic E-state index is -1.32. The van der Waals surface area contributed by atoms with E-state index in [0.29, 0.717) is 0 Å². The zero-order chi connectivity index (χ0) is 4.28. The highest BCUT2D eigenvalue weighted by molar-refractivity contribution is 7.80. The highest BCUT2D eigenvalue weighted by Crippen LogP contribution is 1.39. The van der Waals surface area contributed by atoms with Gasteiger partial charge in [-0.05, 0) is 7.05 Å². The second-order valence-electron chi connectivity index (χ2n) is 0.502. The number of rotatable bonds is 1. The van der Waals surface area contributed by atoms with Gasteiger partial charge in [-0.15, -0.1) is 0 Å². The van der Waals surface area contributed by atoms with Gasteiger partial charge in [0.05, 0.1) is 0 Å². The van der Waals surface area contributed by atoms with Crippen LogP contribution in [0, 0.1) is 0 Å². The fraction of sp³-hybridized carbons (Fsp3) is 1.00. The molecule has 0 saturated carbocycles. The second-order valence-corrected chi connectivity index (χ2v) is 1.50. The molecule has 0 rings (SSSR count). The Hall–Kier alpha value is 0.0700. The van der Waals surface area contributed by atoms with Crippen molar-refractivity contribution in [2.24, 2.45) is 5.14 Å². The van der Waals surface area contributed by atoms with E-state index in [-0.39, 0.29) is 0 Å². The smallest absolute Gasteiger partial charge is 0.164 e. The van der Waals surface area contributed by atoms with Crippen LogP contribution in [0.25, 0.3) is 0 Å². The zero-order valence-electron chi connectivity index (χ0n) is 2.89. The van der Waals surface area contributed by atoms with Crippen molar-refractivity contribution < 1.29 is 4.21 Å². The van der Waals surface area contributed by atoms with Gasteiger partial charge in [0, 0.05) is 0 Å². The van der Waals surface area contributed by atoms with Gasteiger partial charge in [-0.3, -0.25) is 0 Å². The Morgan fingerprint density at radius 1 is 2.00 bits per heavy atom. The lowest BCUT2D eigenvalue weighted by atomic mass is 11.6. The molecule has 0 aliphatic carbocycles. The molecule has 4 heteroatoms. The van der Waals surface area contributed by atoms with E-state index in [4.69, 9.17) is 0 Å². The van der Waals surface area contributed by atoms with Crippen LogP contribution >= 0.6 is 0 Å². The maximum absolute atomic E-state index is 9.59. The summed E-state index contributed by atoms with van der Waals surface area (Å²) in [7, 11) is 1.52. The van der Waals surface area contributed by atoms with Crippen molar-refractivity contribution >= 4 is 11.2 Å². The second kappa shape index (κ2) is 2.32. The molecule has 1 unspecified atom stereocenters. The van der Waals surface area contributed by atoms with E-state index in [1.165, 1.54) is 7.05 Å². The molecule has 0 saturated heterocycles. The minimum absolute atomic E-state index is 1.32. The summed E-state index contributed by atoms with van der Waals surface area (Å²) in [6.45, 7) is 0. The molecule has 0 radical (unpaired) electrons. The van der Waals surface area contributed by atoms with Gasteiger partial charge in [0.15, 0.2) is 11.2 Å². The molecule has 0 aromatic carbocycles. The lowest BCUT2D eigenvalue weighted by molar-refractivity contribution is 0.679. The molecule has 32 valence electrons. The standard InChI is InChI=1S/CH6N2OS/c1-3-5(2)4/h3H,2H2,1H3. The topological polar surface area (TPSA) is 55.1 Å². The van der Waals surface area contributed by atoms with Crippen LogP contribution in [0.2, 0.25) is 0 Å². The number of nitrogens with two attached hydrogens (primary N) is 1. The summed E-state index contributed by atoms with van der Waals surface area (Å²) in [4.78, 5) is 0. The first-order valence-electron chi connectivity index (χ1n) is 1.11. The van der Waals surface area contributed by atoms with Crippen LogP contribution < -0.4 is 9.86 Å².